The van der Waals surface area contributed by atoms with Crippen molar-refractivity contribution in [1.82, 2.24) is 9.27 Å². The maximum absolute atomic E-state index is 12.9. The normalized spacial score (nSPS) is 21.3. The molecule has 0 radical (unpaired) electrons. The van der Waals surface area contributed by atoms with Gasteiger partial charge in [-0.15, -0.1) is 0 Å². The third kappa shape index (κ3) is 3.18. The summed E-state index contributed by atoms with van der Waals surface area (Å²) in [7, 11) is 0. The van der Waals surface area contributed by atoms with E-state index in [4.69, 9.17) is 0 Å². The number of nitrogens with zero attached hydrogens (tertiary/aromatic N) is 2. The summed E-state index contributed by atoms with van der Waals surface area (Å²) >= 11 is 1.30. The van der Waals surface area contributed by atoms with Crippen molar-refractivity contribution in [3.8, 4) is 0 Å². The number of aliphatic hydroxyl groups is 1. The second kappa shape index (κ2) is 5.78. The molecule has 0 bridgehead atoms. The SMILES string of the molecule is Cc1cc(C(=O)N2CCC(O)(Cc3ccc(F)cc3)C2)ns1. The molecule has 1 aromatic carbocycles. The van der Waals surface area contributed by atoms with Gasteiger partial charge in [-0.1, -0.05) is 12.1 Å². The monoisotopic (exact) mass is 320 g/mol. The number of hydrogen-bond acceptors (Lipinski definition) is 4. The van der Waals surface area contributed by atoms with E-state index in [0.717, 1.165) is 10.4 Å². The summed E-state index contributed by atoms with van der Waals surface area (Å²) in [6.45, 7) is 2.69. The summed E-state index contributed by atoms with van der Waals surface area (Å²) < 4.78 is 17.1. The second-order valence-electron chi connectivity index (χ2n) is 5.83. The van der Waals surface area contributed by atoms with E-state index in [-0.39, 0.29) is 18.3 Å². The number of β-amino-alcohol motifs (C(OH)–C–C–N with tert-alkyl or cyclic N) is 1. The summed E-state index contributed by atoms with van der Waals surface area (Å²) in [6, 6.07) is 7.87. The molecule has 2 aromatic rings. The smallest absolute Gasteiger partial charge is 0.273 e. The van der Waals surface area contributed by atoms with E-state index in [2.05, 4.69) is 4.37 Å². The second-order valence-corrected chi connectivity index (χ2v) is 6.84. The summed E-state index contributed by atoms with van der Waals surface area (Å²) in [5, 5.41) is 10.7. The molecule has 0 aliphatic carbocycles. The number of carbonyl (C=O) groups excluding carboxylic acids is 1. The van der Waals surface area contributed by atoms with Crippen molar-refractivity contribution in [2.75, 3.05) is 13.1 Å². The number of aromatic nitrogens is 1. The average Bonchev–Trinajstić information content (AvgIpc) is 3.07. The van der Waals surface area contributed by atoms with Crippen molar-refractivity contribution in [3.05, 3.63) is 52.3 Å². The van der Waals surface area contributed by atoms with Crippen molar-refractivity contribution >= 4 is 17.4 Å². The molecule has 6 heteroatoms. The van der Waals surface area contributed by atoms with Gasteiger partial charge in [0.1, 0.15) is 11.5 Å². The Bertz CT molecular complexity index is 686. The highest BCUT2D eigenvalue weighted by atomic mass is 32.1. The van der Waals surface area contributed by atoms with Crippen molar-refractivity contribution < 1.29 is 14.3 Å². The predicted octanol–water partition coefficient (Wildman–Crippen LogP) is 2.41. The molecule has 22 heavy (non-hydrogen) atoms. The highest BCUT2D eigenvalue weighted by Gasteiger charge is 2.38. The van der Waals surface area contributed by atoms with Gasteiger partial charge in [0.2, 0.25) is 0 Å². The van der Waals surface area contributed by atoms with E-state index in [9.17, 15) is 14.3 Å². The van der Waals surface area contributed by atoms with E-state index < -0.39 is 5.60 Å². The van der Waals surface area contributed by atoms with Crippen LogP contribution in [0.3, 0.4) is 0 Å². The van der Waals surface area contributed by atoms with Crippen LogP contribution in [0, 0.1) is 12.7 Å². The zero-order valence-electron chi connectivity index (χ0n) is 12.3. The Labute approximate surface area is 132 Å². The molecule has 0 saturated carbocycles. The summed E-state index contributed by atoms with van der Waals surface area (Å²) in [4.78, 5) is 15.0. The molecule has 1 aliphatic heterocycles. The first-order valence-electron chi connectivity index (χ1n) is 7.15. The summed E-state index contributed by atoms with van der Waals surface area (Å²) in [6.07, 6.45) is 0.923. The van der Waals surface area contributed by atoms with Gasteiger partial charge in [-0.05, 0) is 48.6 Å². The third-order valence-corrected chi connectivity index (χ3v) is 4.61. The van der Waals surface area contributed by atoms with Crippen molar-refractivity contribution in [2.24, 2.45) is 0 Å². The number of hydrogen-bond donors (Lipinski definition) is 1. The van der Waals surface area contributed by atoms with Gasteiger partial charge >= 0.3 is 0 Å². The van der Waals surface area contributed by atoms with Crippen molar-refractivity contribution in [2.45, 2.75) is 25.4 Å². The summed E-state index contributed by atoms with van der Waals surface area (Å²) in [5.41, 5.74) is 0.342. The van der Waals surface area contributed by atoms with E-state index in [1.165, 1.54) is 23.7 Å². The standard InChI is InChI=1S/C16H17FN2O2S/c1-11-8-14(18-22-11)15(20)19-7-6-16(21,10-19)9-12-2-4-13(17)5-3-12/h2-5,8,21H,6-7,9-10H2,1H3. The molecular formula is C16H17FN2O2S. The Morgan fingerprint density at radius 2 is 2.18 bits per heavy atom. The lowest BCUT2D eigenvalue weighted by Crippen LogP contribution is -2.37. The van der Waals surface area contributed by atoms with Gasteiger partial charge < -0.3 is 10.0 Å². The van der Waals surface area contributed by atoms with Crippen LogP contribution < -0.4 is 0 Å². The van der Waals surface area contributed by atoms with Crippen LogP contribution in [-0.4, -0.2) is 39.0 Å². The highest BCUT2D eigenvalue weighted by molar-refractivity contribution is 7.05. The molecule has 1 aliphatic rings. The van der Waals surface area contributed by atoms with Crippen LogP contribution in [0.1, 0.15) is 27.3 Å². The topological polar surface area (TPSA) is 53.4 Å². The molecule has 1 aromatic heterocycles. The Morgan fingerprint density at radius 1 is 1.45 bits per heavy atom. The maximum Gasteiger partial charge on any atom is 0.273 e. The van der Waals surface area contributed by atoms with Crippen LogP contribution >= 0.6 is 11.5 Å². The largest absolute Gasteiger partial charge is 0.388 e. The van der Waals surface area contributed by atoms with Crippen LogP contribution in [0.25, 0.3) is 0 Å². The molecule has 1 saturated heterocycles. The van der Waals surface area contributed by atoms with Gasteiger partial charge in [0.15, 0.2) is 0 Å². The molecule has 3 rings (SSSR count). The molecule has 1 unspecified atom stereocenters. The number of likely N-dealkylation sites (tertiary alicyclic amines) is 1. The molecule has 1 amide bonds. The van der Waals surface area contributed by atoms with E-state index in [0.29, 0.717) is 25.1 Å². The van der Waals surface area contributed by atoms with Gasteiger partial charge in [0.05, 0.1) is 12.1 Å². The number of benzene rings is 1. The molecule has 1 atom stereocenters. The van der Waals surface area contributed by atoms with Crippen LogP contribution in [0.4, 0.5) is 4.39 Å². The van der Waals surface area contributed by atoms with E-state index >= 15 is 0 Å². The molecule has 1 N–H and O–H groups in total. The quantitative estimate of drug-likeness (QED) is 0.945. The van der Waals surface area contributed by atoms with Gasteiger partial charge in [-0.25, -0.2) is 4.39 Å². The van der Waals surface area contributed by atoms with Gasteiger partial charge in [-0.3, -0.25) is 4.79 Å². The zero-order chi connectivity index (χ0) is 15.7. The Kier molecular flexibility index (Phi) is 3.97. The first kappa shape index (κ1) is 15.1. The van der Waals surface area contributed by atoms with Crippen LogP contribution in [0.15, 0.2) is 30.3 Å². The molecule has 4 nitrogen and oxygen atoms in total. The minimum atomic E-state index is -0.960. The van der Waals surface area contributed by atoms with E-state index in [1.54, 1.807) is 23.1 Å². The maximum atomic E-state index is 12.9. The summed E-state index contributed by atoms with van der Waals surface area (Å²) in [5.74, 6) is -0.433. The number of aryl methyl sites for hydroxylation is 1. The first-order valence-corrected chi connectivity index (χ1v) is 7.92. The molecule has 0 spiro atoms. The first-order chi connectivity index (χ1) is 10.5. The van der Waals surface area contributed by atoms with Gasteiger partial charge in [0, 0.05) is 17.8 Å². The Hall–Kier alpha value is -1.79. The average molecular weight is 320 g/mol. The Morgan fingerprint density at radius 3 is 2.82 bits per heavy atom. The molecule has 116 valence electrons. The number of rotatable bonds is 3. The van der Waals surface area contributed by atoms with Crippen LogP contribution in [-0.2, 0) is 6.42 Å². The van der Waals surface area contributed by atoms with Gasteiger partial charge in [0.25, 0.3) is 5.91 Å². The van der Waals surface area contributed by atoms with Crippen molar-refractivity contribution in [3.63, 3.8) is 0 Å². The van der Waals surface area contributed by atoms with E-state index in [1.807, 2.05) is 6.92 Å². The van der Waals surface area contributed by atoms with Crippen LogP contribution in [0.2, 0.25) is 0 Å². The molecule has 1 fully saturated rings. The van der Waals surface area contributed by atoms with Crippen molar-refractivity contribution in [1.29, 1.82) is 0 Å². The zero-order valence-corrected chi connectivity index (χ0v) is 13.1. The fourth-order valence-corrected chi connectivity index (χ4v) is 3.32. The molecule has 2 heterocycles. The lowest BCUT2D eigenvalue weighted by Gasteiger charge is -2.23. The van der Waals surface area contributed by atoms with Crippen LogP contribution in [0.5, 0.6) is 0 Å². The highest BCUT2D eigenvalue weighted by Crippen LogP contribution is 2.27. The minimum Gasteiger partial charge on any atom is -0.388 e. The van der Waals surface area contributed by atoms with Gasteiger partial charge in [-0.2, -0.15) is 4.37 Å². The molecular weight excluding hydrogens is 303 g/mol. The lowest BCUT2D eigenvalue weighted by molar-refractivity contribution is 0.0443. The third-order valence-electron chi connectivity index (χ3n) is 3.91. The fourth-order valence-electron chi connectivity index (χ4n) is 2.79. The fraction of sp³-hybridized carbons (Fsp3) is 0.375. The minimum absolute atomic E-state index is 0.139. The number of halogens is 1. The Balaban J connectivity index is 1.68. The number of carbonyl (C=O) groups is 1. The predicted molar refractivity (Wildman–Crippen MR) is 82.4 cm³/mol. The number of amides is 1. The lowest BCUT2D eigenvalue weighted by atomic mass is 9.94.